The van der Waals surface area contributed by atoms with E-state index in [9.17, 15) is 37.8 Å². The molecule has 5 N–H and O–H groups in total. The molecule has 2 aromatic rings. The number of pyridine rings is 1. The molecule has 1 heterocycles. The number of anilines is 1. The molecular formula is C14H8F3IN2O5. The third-order valence-corrected chi connectivity index (χ3v) is 4.17. The lowest BCUT2D eigenvalue weighted by Gasteiger charge is -2.15. The minimum absolute atomic E-state index is 0.180. The van der Waals surface area contributed by atoms with Crippen LogP contribution >= 0.6 is 22.6 Å². The molecule has 0 aliphatic heterocycles. The van der Waals surface area contributed by atoms with Crippen LogP contribution in [0.25, 0.3) is 11.1 Å². The van der Waals surface area contributed by atoms with Gasteiger partial charge in [-0.2, -0.15) is 13.2 Å². The summed E-state index contributed by atoms with van der Waals surface area (Å²) < 4.78 is 39.1. The zero-order valence-electron chi connectivity index (χ0n) is 11.9. The topological polar surface area (TPSA) is 133 Å². The molecule has 0 radical (unpaired) electrons. The number of nitrogens with two attached hydrogens (primary N) is 1. The van der Waals surface area contributed by atoms with E-state index in [1.165, 1.54) is 22.6 Å². The summed E-state index contributed by atoms with van der Waals surface area (Å²) >= 11 is 1.43. The summed E-state index contributed by atoms with van der Waals surface area (Å²) in [5.74, 6) is -4.16. The summed E-state index contributed by atoms with van der Waals surface area (Å²) in [6, 6.07) is 2.70. The number of halogens is 4. The second-order valence-corrected chi connectivity index (χ2v) is 5.96. The van der Waals surface area contributed by atoms with Crippen LogP contribution in [-0.2, 0) is 6.18 Å². The van der Waals surface area contributed by atoms with E-state index in [1.54, 1.807) is 0 Å². The summed E-state index contributed by atoms with van der Waals surface area (Å²) in [5, 5.41) is 18.5. The summed E-state index contributed by atoms with van der Waals surface area (Å²) in [4.78, 5) is 36.5. The van der Waals surface area contributed by atoms with E-state index < -0.39 is 57.3 Å². The minimum Gasteiger partial charge on any atom is -0.478 e. The molecule has 0 aliphatic rings. The van der Waals surface area contributed by atoms with Crippen molar-refractivity contribution in [2.75, 3.05) is 5.73 Å². The van der Waals surface area contributed by atoms with Gasteiger partial charge in [-0.05, 0) is 40.3 Å². The Balaban J connectivity index is 2.99. The Kier molecular flexibility index (Phi) is 4.79. The van der Waals surface area contributed by atoms with Gasteiger partial charge in [0.15, 0.2) is 0 Å². The second kappa shape index (κ2) is 6.38. The number of carboxylic acids is 2. The lowest BCUT2D eigenvalue weighted by molar-refractivity contribution is -0.138. The molecule has 0 aliphatic carbocycles. The van der Waals surface area contributed by atoms with Gasteiger partial charge >= 0.3 is 18.1 Å². The highest BCUT2D eigenvalue weighted by molar-refractivity contribution is 14.1. The fourth-order valence-corrected chi connectivity index (χ4v) is 2.87. The first-order valence-corrected chi connectivity index (χ1v) is 7.42. The largest absolute Gasteiger partial charge is 0.478 e. The SMILES string of the molecule is Nc1[nH]c(=O)c(C(=O)O)c(-c2ccc(I)c(C(F)(F)F)c2)c1C(=O)O. The number of nitrogen functional groups attached to an aromatic ring is 1. The van der Waals surface area contributed by atoms with Crippen LogP contribution in [0.15, 0.2) is 23.0 Å². The Labute approximate surface area is 150 Å². The highest BCUT2D eigenvalue weighted by Crippen LogP contribution is 2.37. The number of carboxylic acid groups (broad SMARTS) is 2. The number of aromatic nitrogens is 1. The van der Waals surface area contributed by atoms with Gasteiger partial charge in [-0.3, -0.25) is 4.79 Å². The molecule has 0 saturated carbocycles. The van der Waals surface area contributed by atoms with Crippen LogP contribution in [0.1, 0.15) is 26.3 Å². The van der Waals surface area contributed by atoms with Crippen LogP contribution < -0.4 is 11.3 Å². The lowest BCUT2D eigenvalue weighted by Crippen LogP contribution is -2.24. The van der Waals surface area contributed by atoms with Gasteiger partial charge in [-0.15, -0.1) is 0 Å². The molecule has 0 bridgehead atoms. The van der Waals surface area contributed by atoms with Gasteiger partial charge in [-0.25, -0.2) is 9.59 Å². The van der Waals surface area contributed by atoms with E-state index >= 15 is 0 Å². The third-order valence-electron chi connectivity index (χ3n) is 3.23. The molecular weight excluding hydrogens is 460 g/mol. The van der Waals surface area contributed by atoms with Gasteiger partial charge in [0.25, 0.3) is 5.56 Å². The number of nitrogens with one attached hydrogen (secondary N) is 1. The van der Waals surface area contributed by atoms with E-state index in [0.717, 1.165) is 12.1 Å². The molecule has 7 nitrogen and oxygen atoms in total. The number of aromatic carboxylic acids is 2. The van der Waals surface area contributed by atoms with Crippen molar-refractivity contribution in [1.29, 1.82) is 0 Å². The van der Waals surface area contributed by atoms with Crippen LogP contribution in [0.4, 0.5) is 19.0 Å². The minimum atomic E-state index is -4.76. The summed E-state index contributed by atoms with van der Waals surface area (Å²) in [6.45, 7) is 0. The van der Waals surface area contributed by atoms with Gasteiger partial charge in [0, 0.05) is 9.13 Å². The third kappa shape index (κ3) is 3.45. The van der Waals surface area contributed by atoms with Crippen molar-refractivity contribution in [3.63, 3.8) is 0 Å². The number of hydrogen-bond acceptors (Lipinski definition) is 4. The fourth-order valence-electron chi connectivity index (χ4n) is 2.23. The number of H-pyrrole nitrogens is 1. The zero-order valence-corrected chi connectivity index (χ0v) is 14.1. The average Bonchev–Trinajstić information content (AvgIpc) is 2.44. The van der Waals surface area contributed by atoms with Crippen molar-refractivity contribution in [1.82, 2.24) is 4.98 Å². The maximum absolute atomic E-state index is 13.1. The van der Waals surface area contributed by atoms with Crippen molar-refractivity contribution >= 4 is 40.3 Å². The molecule has 1 aromatic carbocycles. The van der Waals surface area contributed by atoms with Gasteiger partial charge in [0.1, 0.15) is 16.9 Å². The average molecular weight is 468 g/mol. The fraction of sp³-hybridized carbons (Fsp3) is 0.0714. The van der Waals surface area contributed by atoms with Gasteiger partial charge in [0.2, 0.25) is 0 Å². The number of aromatic amines is 1. The highest BCUT2D eigenvalue weighted by Gasteiger charge is 2.34. The van der Waals surface area contributed by atoms with E-state index in [0.29, 0.717) is 6.07 Å². The Morgan fingerprint density at radius 3 is 2.16 bits per heavy atom. The quantitative estimate of drug-likeness (QED) is 0.512. The highest BCUT2D eigenvalue weighted by atomic mass is 127. The number of benzene rings is 1. The van der Waals surface area contributed by atoms with E-state index in [1.807, 2.05) is 4.98 Å². The van der Waals surface area contributed by atoms with E-state index in [4.69, 9.17) is 5.73 Å². The number of hydrogen-bond donors (Lipinski definition) is 4. The predicted molar refractivity (Wildman–Crippen MR) is 88.5 cm³/mol. The molecule has 0 saturated heterocycles. The van der Waals surface area contributed by atoms with Crippen LogP contribution in [0.5, 0.6) is 0 Å². The normalized spacial score (nSPS) is 11.4. The van der Waals surface area contributed by atoms with Crippen molar-refractivity contribution < 1.29 is 33.0 Å². The van der Waals surface area contributed by atoms with E-state index in [2.05, 4.69) is 0 Å². The van der Waals surface area contributed by atoms with Crippen molar-refractivity contribution in [2.24, 2.45) is 0 Å². The number of rotatable bonds is 3. The first-order chi connectivity index (χ1) is 11.4. The summed E-state index contributed by atoms with van der Waals surface area (Å²) in [6.07, 6.45) is -4.76. The number of carbonyl (C=O) groups is 2. The van der Waals surface area contributed by atoms with Gasteiger partial charge in [-0.1, -0.05) is 6.07 Å². The first kappa shape index (κ1) is 18.8. The van der Waals surface area contributed by atoms with Crippen LogP contribution in [0, 0.1) is 3.57 Å². The Bertz CT molecular complexity index is 953. The number of alkyl halides is 3. The van der Waals surface area contributed by atoms with Crippen LogP contribution in [0.3, 0.4) is 0 Å². The molecule has 11 heteroatoms. The second-order valence-electron chi connectivity index (χ2n) is 4.80. The lowest BCUT2D eigenvalue weighted by atomic mass is 9.94. The molecule has 0 atom stereocenters. The summed E-state index contributed by atoms with van der Waals surface area (Å²) in [7, 11) is 0. The van der Waals surface area contributed by atoms with Gasteiger partial charge in [0.05, 0.1) is 5.56 Å². The van der Waals surface area contributed by atoms with Crippen molar-refractivity contribution in [2.45, 2.75) is 6.18 Å². The standard InChI is InChI=1S/C14H8F3IN2O5/c15-14(16,17)5-3-4(1-2-6(5)18)7-8(12(22)23)10(19)20-11(21)9(7)13(24)25/h1-3H,(H,22,23)(H,24,25)(H3,19,20,21). The molecule has 2 rings (SSSR count). The molecule has 132 valence electrons. The van der Waals surface area contributed by atoms with Crippen LogP contribution in [-0.4, -0.2) is 27.1 Å². The molecule has 1 aromatic heterocycles. The Morgan fingerprint density at radius 2 is 1.68 bits per heavy atom. The Morgan fingerprint density at radius 1 is 1.12 bits per heavy atom. The molecule has 0 fully saturated rings. The Hall–Kier alpha value is -2.57. The smallest absolute Gasteiger partial charge is 0.417 e. The molecule has 0 amide bonds. The first-order valence-electron chi connectivity index (χ1n) is 6.34. The van der Waals surface area contributed by atoms with Crippen molar-refractivity contribution in [3.05, 3.63) is 48.8 Å². The summed E-state index contributed by atoms with van der Waals surface area (Å²) in [5.41, 5.74) is 0.199. The zero-order chi connectivity index (χ0) is 19.1. The predicted octanol–water partition coefficient (Wildman–Crippen LogP) is 2.64. The van der Waals surface area contributed by atoms with E-state index in [-0.39, 0.29) is 3.57 Å². The maximum atomic E-state index is 13.1. The van der Waals surface area contributed by atoms with Crippen LogP contribution in [0.2, 0.25) is 0 Å². The molecule has 25 heavy (non-hydrogen) atoms. The maximum Gasteiger partial charge on any atom is 0.417 e. The molecule has 0 spiro atoms. The molecule has 0 unspecified atom stereocenters. The van der Waals surface area contributed by atoms with Gasteiger partial charge < -0.3 is 20.9 Å². The monoisotopic (exact) mass is 468 g/mol. The van der Waals surface area contributed by atoms with Crippen molar-refractivity contribution in [3.8, 4) is 11.1 Å².